The topological polar surface area (TPSA) is 208 Å². The van der Waals surface area contributed by atoms with E-state index in [1.54, 1.807) is 0 Å². The van der Waals surface area contributed by atoms with Crippen molar-refractivity contribution in [1.82, 2.24) is 0 Å². The van der Waals surface area contributed by atoms with Crippen molar-refractivity contribution in [3.8, 4) is 0 Å². The van der Waals surface area contributed by atoms with Crippen molar-refractivity contribution in [3.63, 3.8) is 0 Å². The Morgan fingerprint density at radius 2 is 1.08 bits per heavy atom. The number of allylic oxidation sites excluding steroid dienone is 5. The smallest absolute Gasteiger partial charge is 0.462 e. The highest BCUT2D eigenvalue weighted by molar-refractivity contribution is 7.47. The molecule has 1 aliphatic rings. The van der Waals surface area contributed by atoms with E-state index in [-0.39, 0.29) is 25.0 Å². The van der Waals surface area contributed by atoms with Crippen LogP contribution in [-0.2, 0) is 46.5 Å². The minimum absolute atomic E-state index is 0.0444. The molecule has 1 saturated heterocycles. The number of aliphatic hydroxyl groups excluding tert-OH is 1. The standard InChI is InChI=1S/C50H92O14P2/c1-4-5-6-7-8-9-10-20-23-26-29-32-36-47-48(64-47)37-34-39-50(53)63-46(43-62-66(57,58)61-41-45(51)40-60-65(54,55)56)42-59-49(52)38-33-30-27-24-21-18-16-14-12-11-13-15-17-19-22-25-28-31-35-44(2)3/h8-9,20,23,29,32,44-48,51H,4-7,10-19,21-22,24-28,30-31,33-43H2,1-3H3,(H,57,58)(H2,54,55,56)/b9-8-,23-20-,32-29-/t45-,46+,47?,48?/m0/s1. The average molecular weight is 979 g/mol. The molecule has 16 heteroatoms. The molecule has 1 fully saturated rings. The van der Waals surface area contributed by atoms with Crippen LogP contribution in [0.2, 0.25) is 0 Å². The van der Waals surface area contributed by atoms with Crippen molar-refractivity contribution in [2.45, 2.75) is 238 Å². The van der Waals surface area contributed by atoms with Gasteiger partial charge in [0.1, 0.15) is 12.7 Å². The summed E-state index contributed by atoms with van der Waals surface area (Å²) in [6.45, 7) is 4.04. The lowest BCUT2D eigenvalue weighted by atomic mass is 10.0. The second-order valence-electron chi connectivity index (χ2n) is 18.3. The number of carbonyl (C=O) groups is 2. The van der Waals surface area contributed by atoms with Crippen molar-refractivity contribution >= 4 is 27.6 Å². The Kier molecular flexibility index (Phi) is 38.8. The zero-order chi connectivity index (χ0) is 48.6. The van der Waals surface area contributed by atoms with E-state index in [1.165, 1.54) is 116 Å². The van der Waals surface area contributed by atoms with Crippen LogP contribution in [0.3, 0.4) is 0 Å². The molecule has 0 spiro atoms. The molecule has 0 saturated carbocycles. The van der Waals surface area contributed by atoms with E-state index in [0.29, 0.717) is 19.3 Å². The molecule has 0 bridgehead atoms. The van der Waals surface area contributed by atoms with Crippen LogP contribution < -0.4 is 0 Å². The molecule has 0 aromatic heterocycles. The van der Waals surface area contributed by atoms with Crippen molar-refractivity contribution in [3.05, 3.63) is 36.5 Å². The Morgan fingerprint density at radius 1 is 0.576 bits per heavy atom. The zero-order valence-electron chi connectivity index (χ0n) is 41.2. The lowest BCUT2D eigenvalue weighted by molar-refractivity contribution is -0.161. The maximum Gasteiger partial charge on any atom is 0.472 e. The molecule has 66 heavy (non-hydrogen) atoms. The molecular weight excluding hydrogens is 886 g/mol. The highest BCUT2D eigenvalue weighted by atomic mass is 31.2. The second kappa shape index (κ2) is 41.1. The van der Waals surface area contributed by atoms with Crippen LogP contribution in [0.15, 0.2) is 36.5 Å². The third kappa shape index (κ3) is 42.4. The molecule has 386 valence electrons. The molecule has 3 unspecified atom stereocenters. The van der Waals surface area contributed by atoms with E-state index >= 15 is 0 Å². The maximum absolute atomic E-state index is 12.8. The number of unbranched alkanes of at least 4 members (excludes halogenated alkanes) is 20. The highest BCUT2D eigenvalue weighted by Gasteiger charge is 2.37. The summed E-state index contributed by atoms with van der Waals surface area (Å²) >= 11 is 0. The quantitative estimate of drug-likeness (QED) is 0.0147. The summed E-state index contributed by atoms with van der Waals surface area (Å²) in [5.74, 6) is -0.267. The van der Waals surface area contributed by atoms with Gasteiger partial charge in [-0.15, -0.1) is 0 Å². The summed E-state index contributed by atoms with van der Waals surface area (Å²) in [5, 5.41) is 9.79. The van der Waals surface area contributed by atoms with Gasteiger partial charge in [-0.2, -0.15) is 0 Å². The molecule has 1 aliphatic heterocycles. The number of rotatable bonds is 47. The van der Waals surface area contributed by atoms with Gasteiger partial charge >= 0.3 is 27.6 Å². The number of hydrogen-bond acceptors (Lipinski definition) is 11. The number of esters is 2. The van der Waals surface area contributed by atoms with E-state index in [2.05, 4.69) is 61.8 Å². The first-order valence-electron chi connectivity index (χ1n) is 25.7. The molecular formula is C50H92O14P2. The van der Waals surface area contributed by atoms with Crippen LogP contribution in [0.25, 0.3) is 0 Å². The number of phosphoric ester groups is 2. The van der Waals surface area contributed by atoms with Crippen LogP contribution in [0.5, 0.6) is 0 Å². The Labute approximate surface area is 399 Å². The van der Waals surface area contributed by atoms with Gasteiger partial charge in [0, 0.05) is 12.8 Å². The minimum Gasteiger partial charge on any atom is -0.462 e. The molecule has 0 aromatic rings. The SMILES string of the molecule is CCCCC/C=C\C/C=C\C/C=C\CC1OC1CCCC(=O)O[C@H](COC(=O)CCCCCCCCCCCCCCCCCCCCC(C)C)COP(=O)(O)OC[C@@H](O)COP(=O)(O)O. The maximum atomic E-state index is 12.8. The van der Waals surface area contributed by atoms with Gasteiger partial charge in [-0.3, -0.25) is 23.2 Å². The van der Waals surface area contributed by atoms with Crippen molar-refractivity contribution in [2.24, 2.45) is 5.92 Å². The van der Waals surface area contributed by atoms with Crippen LogP contribution in [0, 0.1) is 5.92 Å². The normalized spacial score (nSPS) is 17.3. The minimum atomic E-state index is -4.88. The van der Waals surface area contributed by atoms with Crippen molar-refractivity contribution in [1.29, 1.82) is 0 Å². The fourth-order valence-corrected chi connectivity index (χ4v) is 8.54. The summed E-state index contributed by atoms with van der Waals surface area (Å²) in [6, 6.07) is 0. The zero-order valence-corrected chi connectivity index (χ0v) is 42.9. The Bertz CT molecular complexity index is 1380. The molecule has 1 rings (SSSR count). The van der Waals surface area contributed by atoms with Gasteiger partial charge in [-0.05, 0) is 57.3 Å². The van der Waals surface area contributed by atoms with Gasteiger partial charge in [0.05, 0.1) is 32.0 Å². The van der Waals surface area contributed by atoms with Gasteiger partial charge in [0.25, 0.3) is 0 Å². The fourth-order valence-electron chi connectivity index (χ4n) is 7.39. The molecule has 0 aliphatic carbocycles. The van der Waals surface area contributed by atoms with E-state index < -0.39 is 66.2 Å². The molecule has 14 nitrogen and oxygen atoms in total. The monoisotopic (exact) mass is 979 g/mol. The molecule has 5 atom stereocenters. The number of hydrogen-bond donors (Lipinski definition) is 4. The summed E-state index contributed by atoms with van der Waals surface area (Å²) in [7, 11) is -9.71. The number of epoxide rings is 1. The first-order chi connectivity index (χ1) is 31.7. The number of carbonyl (C=O) groups excluding carboxylic acids is 2. The first-order valence-corrected chi connectivity index (χ1v) is 28.7. The van der Waals surface area contributed by atoms with E-state index in [0.717, 1.165) is 50.9 Å². The Balaban J connectivity index is 2.32. The van der Waals surface area contributed by atoms with Crippen LogP contribution in [0.1, 0.15) is 213 Å². The summed E-state index contributed by atoms with van der Waals surface area (Å²) in [5.41, 5.74) is 0. The molecule has 1 heterocycles. The predicted molar refractivity (Wildman–Crippen MR) is 262 cm³/mol. The van der Waals surface area contributed by atoms with Gasteiger partial charge in [0.15, 0.2) is 6.10 Å². The third-order valence-electron chi connectivity index (χ3n) is 11.4. The van der Waals surface area contributed by atoms with Crippen LogP contribution in [-0.4, -0.2) is 82.6 Å². The fraction of sp³-hybridized carbons (Fsp3) is 0.840. The largest absolute Gasteiger partial charge is 0.472 e. The number of ether oxygens (including phenoxy) is 3. The average Bonchev–Trinajstić information content (AvgIpc) is 4.02. The lowest BCUT2D eigenvalue weighted by Crippen LogP contribution is -2.30. The number of aliphatic hydroxyl groups is 1. The van der Waals surface area contributed by atoms with Gasteiger partial charge in [0.2, 0.25) is 0 Å². The van der Waals surface area contributed by atoms with Crippen LogP contribution >= 0.6 is 15.6 Å². The summed E-state index contributed by atoms with van der Waals surface area (Å²) in [4.78, 5) is 53.1. The lowest BCUT2D eigenvalue weighted by Gasteiger charge is -2.20. The molecule has 4 N–H and O–H groups in total. The van der Waals surface area contributed by atoms with E-state index in [4.69, 9.17) is 33.0 Å². The van der Waals surface area contributed by atoms with Gasteiger partial charge < -0.3 is 34.0 Å². The van der Waals surface area contributed by atoms with Gasteiger partial charge in [-0.1, -0.05) is 186 Å². The van der Waals surface area contributed by atoms with E-state index in [9.17, 15) is 28.7 Å². The first kappa shape index (κ1) is 62.3. The van der Waals surface area contributed by atoms with Crippen molar-refractivity contribution < 1.29 is 66.3 Å². The molecule has 0 amide bonds. The number of phosphoric acid groups is 2. The molecule has 0 radical (unpaired) electrons. The van der Waals surface area contributed by atoms with Crippen molar-refractivity contribution in [2.75, 3.05) is 26.4 Å². The summed E-state index contributed by atoms with van der Waals surface area (Å²) in [6.07, 6.45) is 42.9. The summed E-state index contributed by atoms with van der Waals surface area (Å²) < 4.78 is 53.8. The Morgan fingerprint density at radius 3 is 1.64 bits per heavy atom. The van der Waals surface area contributed by atoms with Gasteiger partial charge in [-0.25, -0.2) is 9.13 Å². The van der Waals surface area contributed by atoms with Crippen LogP contribution in [0.4, 0.5) is 0 Å². The highest BCUT2D eigenvalue weighted by Crippen LogP contribution is 2.44. The third-order valence-corrected chi connectivity index (χ3v) is 12.8. The Hall–Kier alpha value is -1.70. The predicted octanol–water partition coefficient (Wildman–Crippen LogP) is 12.9. The molecule has 0 aromatic carbocycles. The second-order valence-corrected chi connectivity index (χ2v) is 21.0. The van der Waals surface area contributed by atoms with E-state index in [1.807, 2.05) is 0 Å².